The molecular weight excluding hydrogens is 280 g/mol. The molecule has 6 nitrogen and oxygen atoms in total. The molecule has 0 bridgehead atoms. The number of furan rings is 1. The highest BCUT2D eigenvalue weighted by Gasteiger charge is 2.25. The van der Waals surface area contributed by atoms with E-state index >= 15 is 0 Å². The van der Waals surface area contributed by atoms with E-state index in [0.29, 0.717) is 5.69 Å². The van der Waals surface area contributed by atoms with Crippen LogP contribution in [0, 0.1) is 0 Å². The molecule has 6 heteroatoms. The smallest absolute Gasteiger partial charge is 0.271 e. The van der Waals surface area contributed by atoms with Gasteiger partial charge in [-0.15, -0.1) is 0 Å². The zero-order chi connectivity index (χ0) is 16.1. The molecule has 0 radical (unpaired) electrons. The molecule has 3 rings (SSSR count). The topological polar surface area (TPSA) is 63.3 Å². The third kappa shape index (κ3) is 3.06. The van der Waals surface area contributed by atoms with Crippen LogP contribution in [0.2, 0.25) is 0 Å². The van der Waals surface area contributed by atoms with Crippen LogP contribution in [0.25, 0.3) is 11.4 Å². The first-order valence-corrected chi connectivity index (χ1v) is 7.73. The molecule has 3 heterocycles. The fraction of sp³-hybridized carbons (Fsp3) is 0.500. The number of fused-ring (bicyclic) bond motifs is 1. The first-order valence-electron chi connectivity index (χ1n) is 7.73. The third-order valence-corrected chi connectivity index (χ3v) is 3.64. The van der Waals surface area contributed by atoms with Gasteiger partial charge in [-0.3, -0.25) is 4.79 Å². The van der Waals surface area contributed by atoms with Gasteiger partial charge in [0.1, 0.15) is 12.1 Å². The Morgan fingerprint density at radius 1 is 1.36 bits per heavy atom. The largest absolute Gasteiger partial charge is 0.472 e. The van der Waals surface area contributed by atoms with Crippen molar-refractivity contribution in [2.24, 2.45) is 0 Å². The summed E-state index contributed by atoms with van der Waals surface area (Å²) < 4.78 is 7.28. The van der Waals surface area contributed by atoms with Crippen LogP contribution in [0.1, 0.15) is 36.5 Å². The fourth-order valence-corrected chi connectivity index (χ4v) is 2.63. The van der Waals surface area contributed by atoms with Crippen molar-refractivity contribution in [1.82, 2.24) is 19.8 Å². The van der Waals surface area contributed by atoms with Gasteiger partial charge in [0, 0.05) is 20.1 Å². The molecule has 0 unspecified atom stereocenters. The zero-order valence-electron chi connectivity index (χ0n) is 13.7. The van der Waals surface area contributed by atoms with Crippen LogP contribution in [0.5, 0.6) is 0 Å². The van der Waals surface area contributed by atoms with Gasteiger partial charge < -0.3 is 19.2 Å². The van der Waals surface area contributed by atoms with Crippen LogP contribution in [-0.2, 0) is 13.1 Å². The molecule has 1 aliphatic heterocycles. The summed E-state index contributed by atoms with van der Waals surface area (Å²) >= 11 is 0. The molecule has 0 fully saturated rings. The maximum atomic E-state index is 12.1. The number of amides is 1. The Hall–Kier alpha value is -2.08. The lowest BCUT2D eigenvalue weighted by Crippen LogP contribution is -2.23. The summed E-state index contributed by atoms with van der Waals surface area (Å²) in [7, 11) is 3.69. The fourth-order valence-electron chi connectivity index (χ4n) is 2.63. The minimum absolute atomic E-state index is 0.140. The van der Waals surface area contributed by atoms with Crippen molar-refractivity contribution in [3.63, 3.8) is 0 Å². The van der Waals surface area contributed by atoms with Gasteiger partial charge in [0.05, 0.1) is 17.5 Å². The second-order valence-corrected chi connectivity index (χ2v) is 5.06. The van der Waals surface area contributed by atoms with Gasteiger partial charge in [0.25, 0.3) is 5.91 Å². The van der Waals surface area contributed by atoms with Crippen LogP contribution in [0.4, 0.5) is 0 Å². The number of imidazole rings is 1. The van der Waals surface area contributed by atoms with E-state index in [-0.39, 0.29) is 5.91 Å². The standard InChI is InChI=1S/C14H18N4O2.C2H6/c1-15-14(19)12-11-8-17(2)5-3-6-18(11)13(16-12)10-4-7-20-9-10;1-2/h4,7,9H,3,5-6,8H2,1-2H3,(H,15,19);1-2H3. The number of nitrogens with zero attached hydrogens (tertiary/aromatic N) is 3. The van der Waals surface area contributed by atoms with Crippen molar-refractivity contribution in [1.29, 1.82) is 0 Å². The molecule has 1 N–H and O–H groups in total. The molecule has 1 aliphatic rings. The van der Waals surface area contributed by atoms with Crippen LogP contribution in [0.3, 0.4) is 0 Å². The van der Waals surface area contributed by atoms with Crippen molar-refractivity contribution in [3.05, 3.63) is 30.0 Å². The highest BCUT2D eigenvalue weighted by Crippen LogP contribution is 2.26. The highest BCUT2D eigenvalue weighted by molar-refractivity contribution is 5.94. The molecule has 0 atom stereocenters. The molecular formula is C16H24N4O2. The summed E-state index contributed by atoms with van der Waals surface area (Å²) in [5, 5.41) is 2.67. The van der Waals surface area contributed by atoms with Gasteiger partial charge in [0.2, 0.25) is 0 Å². The molecule has 0 spiro atoms. The second-order valence-electron chi connectivity index (χ2n) is 5.06. The van der Waals surface area contributed by atoms with E-state index in [4.69, 9.17) is 4.42 Å². The number of rotatable bonds is 2. The predicted octanol–water partition coefficient (Wildman–Crippen LogP) is 2.36. The van der Waals surface area contributed by atoms with Crippen molar-refractivity contribution in [2.75, 3.05) is 20.6 Å². The Morgan fingerprint density at radius 2 is 2.14 bits per heavy atom. The SMILES string of the molecule is CC.CNC(=O)c1nc(-c2ccoc2)n2c1CN(C)CCC2. The summed E-state index contributed by atoms with van der Waals surface area (Å²) in [6.45, 7) is 6.61. The highest BCUT2D eigenvalue weighted by atomic mass is 16.3. The Kier molecular flexibility index (Phi) is 5.38. The van der Waals surface area contributed by atoms with E-state index in [1.165, 1.54) is 0 Å². The van der Waals surface area contributed by atoms with E-state index in [1.54, 1.807) is 19.6 Å². The lowest BCUT2D eigenvalue weighted by Gasteiger charge is -2.12. The number of carbonyl (C=O) groups is 1. The second kappa shape index (κ2) is 7.26. The predicted molar refractivity (Wildman–Crippen MR) is 85.6 cm³/mol. The number of carbonyl (C=O) groups excluding carboxylic acids is 1. The van der Waals surface area contributed by atoms with Crippen molar-refractivity contribution < 1.29 is 9.21 Å². The third-order valence-electron chi connectivity index (χ3n) is 3.64. The quantitative estimate of drug-likeness (QED) is 0.925. The summed E-state index contributed by atoms with van der Waals surface area (Å²) in [5.74, 6) is 0.668. The minimum Gasteiger partial charge on any atom is -0.472 e. The number of hydrogen-bond acceptors (Lipinski definition) is 4. The van der Waals surface area contributed by atoms with E-state index in [1.807, 2.05) is 19.9 Å². The molecule has 22 heavy (non-hydrogen) atoms. The lowest BCUT2D eigenvalue weighted by atomic mass is 10.3. The van der Waals surface area contributed by atoms with Crippen LogP contribution < -0.4 is 5.32 Å². The Balaban J connectivity index is 0.000000847. The number of aromatic nitrogens is 2. The molecule has 2 aromatic heterocycles. The summed E-state index contributed by atoms with van der Waals surface area (Å²) in [5.41, 5.74) is 2.39. The molecule has 0 saturated heterocycles. The Morgan fingerprint density at radius 3 is 2.77 bits per heavy atom. The van der Waals surface area contributed by atoms with Crippen molar-refractivity contribution in [2.45, 2.75) is 33.4 Å². The van der Waals surface area contributed by atoms with Gasteiger partial charge in [-0.25, -0.2) is 4.98 Å². The molecule has 120 valence electrons. The summed E-state index contributed by atoms with van der Waals surface area (Å²) in [6.07, 6.45) is 4.33. The van der Waals surface area contributed by atoms with Crippen molar-refractivity contribution in [3.8, 4) is 11.4 Å². The summed E-state index contributed by atoms with van der Waals surface area (Å²) in [4.78, 5) is 18.8. The van der Waals surface area contributed by atoms with Gasteiger partial charge in [-0.1, -0.05) is 13.8 Å². The maximum Gasteiger partial charge on any atom is 0.271 e. The lowest BCUT2D eigenvalue weighted by molar-refractivity contribution is 0.0956. The van der Waals surface area contributed by atoms with E-state index in [2.05, 4.69) is 26.8 Å². The summed E-state index contributed by atoms with van der Waals surface area (Å²) in [6, 6.07) is 1.87. The molecule has 1 amide bonds. The van der Waals surface area contributed by atoms with Crippen LogP contribution in [0.15, 0.2) is 23.0 Å². The van der Waals surface area contributed by atoms with E-state index in [0.717, 1.165) is 43.1 Å². The molecule has 0 aromatic carbocycles. The van der Waals surface area contributed by atoms with Crippen molar-refractivity contribution >= 4 is 5.91 Å². The minimum atomic E-state index is -0.140. The molecule has 0 aliphatic carbocycles. The van der Waals surface area contributed by atoms with Gasteiger partial charge in [-0.2, -0.15) is 0 Å². The Bertz CT molecular complexity index is 616. The molecule has 0 saturated carbocycles. The number of hydrogen-bond donors (Lipinski definition) is 1. The maximum absolute atomic E-state index is 12.1. The van der Waals surface area contributed by atoms with E-state index < -0.39 is 0 Å². The average Bonchev–Trinajstić information content (AvgIpc) is 3.13. The van der Waals surface area contributed by atoms with Crippen LogP contribution >= 0.6 is 0 Å². The number of nitrogens with one attached hydrogen (secondary N) is 1. The van der Waals surface area contributed by atoms with Gasteiger partial charge in [-0.05, 0) is 26.1 Å². The van der Waals surface area contributed by atoms with Gasteiger partial charge in [0.15, 0.2) is 5.69 Å². The first kappa shape index (κ1) is 16.3. The average molecular weight is 304 g/mol. The first-order chi connectivity index (χ1) is 10.7. The Labute approximate surface area is 131 Å². The molecule has 2 aromatic rings. The van der Waals surface area contributed by atoms with Crippen LogP contribution in [-0.4, -0.2) is 41.0 Å². The zero-order valence-corrected chi connectivity index (χ0v) is 13.7. The van der Waals surface area contributed by atoms with E-state index in [9.17, 15) is 4.79 Å². The normalized spacial score (nSPS) is 14.5. The van der Waals surface area contributed by atoms with Gasteiger partial charge >= 0.3 is 0 Å². The monoisotopic (exact) mass is 304 g/mol.